The Morgan fingerprint density at radius 2 is 2.17 bits per heavy atom. The van der Waals surface area contributed by atoms with E-state index in [-0.39, 0.29) is 5.56 Å². The molecule has 3 nitrogen and oxygen atoms in total. The van der Waals surface area contributed by atoms with E-state index in [0.717, 1.165) is 17.3 Å². The fraction of sp³-hybridized carbons (Fsp3) is 0. The number of aromatic carboxylic acids is 1. The molecule has 0 amide bonds. The van der Waals surface area contributed by atoms with Crippen molar-refractivity contribution in [1.29, 1.82) is 5.41 Å². The van der Waals surface area contributed by atoms with Crippen LogP contribution in [0.2, 0.25) is 0 Å². The van der Waals surface area contributed by atoms with Gasteiger partial charge in [-0.3, -0.25) is 0 Å². The number of hydrogen-bond donors (Lipinski definition) is 2. The molecule has 0 saturated carbocycles. The smallest absolute Gasteiger partial charge is 0.336 e. The predicted octanol–water partition coefficient (Wildman–Crippen LogP) is 2.08. The number of carboxylic acids is 1. The molecule has 1 aromatic carbocycles. The van der Waals surface area contributed by atoms with E-state index in [4.69, 9.17) is 10.5 Å². The molecule has 0 fully saturated rings. The molecule has 0 aromatic heterocycles. The first kappa shape index (κ1) is 8.80. The normalized spacial score (nSPS) is 9.33. The third-order valence-corrected chi connectivity index (χ3v) is 2.03. The van der Waals surface area contributed by atoms with Crippen LogP contribution in [0.4, 0.5) is 0 Å². The first-order valence-electron chi connectivity index (χ1n) is 3.23. The zero-order valence-corrected chi connectivity index (χ0v) is 6.97. The Morgan fingerprint density at radius 1 is 1.50 bits per heavy atom. The van der Waals surface area contributed by atoms with Crippen LogP contribution in [0.1, 0.15) is 10.4 Å². The highest BCUT2D eigenvalue weighted by Gasteiger charge is 2.07. The van der Waals surface area contributed by atoms with Crippen molar-refractivity contribution in [3.8, 4) is 0 Å². The van der Waals surface area contributed by atoms with Gasteiger partial charge in [-0.1, -0.05) is 23.9 Å². The summed E-state index contributed by atoms with van der Waals surface area (Å²) in [7, 11) is 0. The van der Waals surface area contributed by atoms with Crippen LogP contribution in [0.5, 0.6) is 0 Å². The molecule has 1 aromatic rings. The molecular weight excluding hydrogens is 174 g/mol. The first-order valence-corrected chi connectivity index (χ1v) is 4.11. The summed E-state index contributed by atoms with van der Waals surface area (Å²) < 4.78 is 0. The van der Waals surface area contributed by atoms with Gasteiger partial charge >= 0.3 is 5.97 Å². The molecule has 0 heterocycles. The molecule has 62 valence electrons. The van der Waals surface area contributed by atoms with E-state index in [1.807, 2.05) is 0 Å². The van der Waals surface area contributed by atoms with E-state index in [2.05, 4.69) is 0 Å². The SMILES string of the molecule is N=CSc1ccccc1C(=O)O. The monoisotopic (exact) mass is 181 g/mol. The van der Waals surface area contributed by atoms with E-state index in [0.29, 0.717) is 4.90 Å². The maximum Gasteiger partial charge on any atom is 0.336 e. The summed E-state index contributed by atoms with van der Waals surface area (Å²) in [4.78, 5) is 11.2. The predicted molar refractivity (Wildman–Crippen MR) is 48.0 cm³/mol. The highest BCUT2D eigenvalue weighted by Crippen LogP contribution is 2.19. The van der Waals surface area contributed by atoms with Crippen LogP contribution >= 0.6 is 11.8 Å². The van der Waals surface area contributed by atoms with E-state index < -0.39 is 5.97 Å². The number of rotatable bonds is 3. The number of carboxylic acid groups (broad SMARTS) is 1. The Kier molecular flexibility index (Phi) is 2.88. The van der Waals surface area contributed by atoms with Gasteiger partial charge in [0.05, 0.1) is 11.1 Å². The van der Waals surface area contributed by atoms with Crippen LogP contribution < -0.4 is 0 Å². The average molecular weight is 181 g/mol. The maximum absolute atomic E-state index is 10.6. The molecule has 12 heavy (non-hydrogen) atoms. The molecule has 0 aliphatic rings. The lowest BCUT2D eigenvalue weighted by molar-refractivity contribution is 0.0693. The van der Waals surface area contributed by atoms with E-state index >= 15 is 0 Å². The van der Waals surface area contributed by atoms with Crippen LogP contribution in [0.3, 0.4) is 0 Å². The molecule has 0 unspecified atom stereocenters. The van der Waals surface area contributed by atoms with E-state index in [1.54, 1.807) is 18.2 Å². The Morgan fingerprint density at radius 3 is 2.75 bits per heavy atom. The third-order valence-electron chi connectivity index (χ3n) is 1.30. The number of benzene rings is 1. The Balaban J connectivity index is 3.07. The van der Waals surface area contributed by atoms with Gasteiger partial charge < -0.3 is 10.5 Å². The van der Waals surface area contributed by atoms with Gasteiger partial charge in [0.1, 0.15) is 0 Å². The lowest BCUT2D eigenvalue weighted by atomic mass is 10.2. The van der Waals surface area contributed by atoms with Crippen molar-refractivity contribution >= 4 is 23.3 Å². The summed E-state index contributed by atoms with van der Waals surface area (Å²) >= 11 is 1.09. The summed E-state index contributed by atoms with van der Waals surface area (Å²) in [6.45, 7) is 0. The van der Waals surface area contributed by atoms with Gasteiger partial charge in [-0.15, -0.1) is 0 Å². The third kappa shape index (κ3) is 1.85. The van der Waals surface area contributed by atoms with Crippen molar-refractivity contribution < 1.29 is 9.90 Å². The fourth-order valence-corrected chi connectivity index (χ4v) is 1.38. The van der Waals surface area contributed by atoms with Crippen LogP contribution in [0.15, 0.2) is 29.2 Å². The van der Waals surface area contributed by atoms with Crippen molar-refractivity contribution in [3.63, 3.8) is 0 Å². The minimum atomic E-state index is -0.958. The van der Waals surface area contributed by atoms with Gasteiger partial charge in [-0.2, -0.15) is 0 Å². The average Bonchev–Trinajstić information content (AvgIpc) is 2.05. The number of nitrogens with one attached hydrogen (secondary N) is 1. The molecule has 2 N–H and O–H groups in total. The standard InChI is InChI=1S/C8H7NO2S/c9-5-12-7-4-2-1-3-6(7)8(10)11/h1-5,9H,(H,10,11). The fourth-order valence-electron chi connectivity index (χ4n) is 0.810. The molecule has 0 radical (unpaired) electrons. The maximum atomic E-state index is 10.6. The highest BCUT2D eigenvalue weighted by atomic mass is 32.2. The highest BCUT2D eigenvalue weighted by molar-refractivity contribution is 8.12. The van der Waals surface area contributed by atoms with Crippen LogP contribution in [-0.2, 0) is 0 Å². The lowest BCUT2D eigenvalue weighted by Gasteiger charge is -1.99. The van der Waals surface area contributed by atoms with Gasteiger partial charge in [-0.05, 0) is 12.1 Å². The minimum Gasteiger partial charge on any atom is -0.478 e. The van der Waals surface area contributed by atoms with Gasteiger partial charge in [0.2, 0.25) is 0 Å². The molecule has 0 atom stereocenters. The van der Waals surface area contributed by atoms with Gasteiger partial charge in [0, 0.05) is 4.90 Å². The molecule has 0 aliphatic heterocycles. The molecule has 0 saturated heterocycles. The quantitative estimate of drug-likeness (QED) is 0.426. The molecule has 0 aliphatic carbocycles. The summed E-state index contributed by atoms with van der Waals surface area (Å²) in [5.74, 6) is -0.958. The molecule has 1 rings (SSSR count). The van der Waals surface area contributed by atoms with Crippen LogP contribution in [-0.4, -0.2) is 16.6 Å². The van der Waals surface area contributed by atoms with Crippen molar-refractivity contribution in [2.75, 3.05) is 0 Å². The zero-order valence-electron chi connectivity index (χ0n) is 6.15. The second-order valence-corrected chi connectivity index (χ2v) is 2.95. The van der Waals surface area contributed by atoms with Gasteiger partial charge in [0.15, 0.2) is 0 Å². The van der Waals surface area contributed by atoms with Crippen molar-refractivity contribution in [2.24, 2.45) is 0 Å². The summed E-state index contributed by atoms with van der Waals surface area (Å²) in [6.07, 6.45) is 0. The topological polar surface area (TPSA) is 61.2 Å². The largest absolute Gasteiger partial charge is 0.478 e. The van der Waals surface area contributed by atoms with Crippen molar-refractivity contribution in [2.45, 2.75) is 4.90 Å². The number of hydrogen-bond acceptors (Lipinski definition) is 3. The second-order valence-electron chi connectivity index (χ2n) is 2.04. The lowest BCUT2D eigenvalue weighted by Crippen LogP contribution is -1.97. The number of carbonyl (C=O) groups is 1. The van der Waals surface area contributed by atoms with Crippen molar-refractivity contribution in [3.05, 3.63) is 29.8 Å². The Hall–Kier alpha value is -1.29. The number of thioether (sulfide) groups is 1. The first-order chi connectivity index (χ1) is 5.75. The van der Waals surface area contributed by atoms with Crippen LogP contribution in [0.25, 0.3) is 0 Å². The minimum absolute atomic E-state index is 0.242. The van der Waals surface area contributed by atoms with Gasteiger partial charge in [-0.25, -0.2) is 4.79 Å². The molecule has 0 bridgehead atoms. The van der Waals surface area contributed by atoms with Gasteiger partial charge in [0.25, 0.3) is 0 Å². The molecule has 0 spiro atoms. The zero-order chi connectivity index (χ0) is 8.97. The Labute approximate surface area is 73.9 Å². The Bertz CT molecular complexity index is 312. The van der Waals surface area contributed by atoms with E-state index in [9.17, 15) is 4.79 Å². The van der Waals surface area contributed by atoms with Crippen LogP contribution in [0, 0.1) is 5.41 Å². The van der Waals surface area contributed by atoms with Crippen molar-refractivity contribution in [1.82, 2.24) is 0 Å². The second kappa shape index (κ2) is 3.92. The summed E-state index contributed by atoms with van der Waals surface area (Å²) in [5, 5.41) is 15.5. The van der Waals surface area contributed by atoms with E-state index in [1.165, 1.54) is 6.07 Å². The molecule has 4 heteroatoms. The summed E-state index contributed by atoms with van der Waals surface area (Å²) in [6, 6.07) is 6.61. The molecular formula is C8H7NO2S. The summed E-state index contributed by atoms with van der Waals surface area (Å²) in [5.41, 5.74) is 1.35.